The Hall–Kier alpha value is -1.87. The van der Waals surface area contributed by atoms with E-state index in [9.17, 15) is 0 Å². The number of pyridine rings is 1. The van der Waals surface area contributed by atoms with E-state index in [1.54, 1.807) is 0 Å². The first-order valence-corrected chi connectivity index (χ1v) is 6.77. The van der Waals surface area contributed by atoms with Crippen molar-refractivity contribution in [3.63, 3.8) is 0 Å². The number of piperazine rings is 1. The Labute approximate surface area is 114 Å². The van der Waals surface area contributed by atoms with Crippen LogP contribution in [0.1, 0.15) is 0 Å². The first-order chi connectivity index (χ1) is 9.34. The number of hydrogen-bond acceptors (Lipinski definition) is 3. The second-order valence-electron chi connectivity index (χ2n) is 5.04. The summed E-state index contributed by atoms with van der Waals surface area (Å²) >= 11 is 0. The molecule has 1 aromatic heterocycles. The molecule has 0 atom stereocenters. The molecule has 2 heterocycles. The Morgan fingerprint density at radius 3 is 2.32 bits per heavy atom. The Kier molecular flexibility index (Phi) is 3.47. The average Bonchev–Trinajstić information content (AvgIpc) is 2.49. The fourth-order valence-electron chi connectivity index (χ4n) is 2.57. The molecule has 3 heteroatoms. The topological polar surface area (TPSA) is 19.4 Å². The van der Waals surface area contributed by atoms with Gasteiger partial charge in [-0.1, -0.05) is 18.2 Å². The summed E-state index contributed by atoms with van der Waals surface area (Å²) in [6, 6.07) is 12.8. The molecule has 0 unspecified atom stereocenters. The first kappa shape index (κ1) is 12.2. The standard InChI is InChI=1S/C16H19N3/c1-18-10-12-19(13-11-18)16-5-3-2-4-15(16)14-6-8-17-9-7-14/h2-9H,10-13H2,1H3. The van der Waals surface area contributed by atoms with Gasteiger partial charge in [0, 0.05) is 49.8 Å². The third kappa shape index (κ3) is 2.61. The molecule has 0 aliphatic carbocycles. The van der Waals surface area contributed by atoms with E-state index in [1.807, 2.05) is 12.4 Å². The summed E-state index contributed by atoms with van der Waals surface area (Å²) in [5.41, 5.74) is 3.88. The summed E-state index contributed by atoms with van der Waals surface area (Å²) in [6.07, 6.45) is 3.71. The molecule has 0 spiro atoms. The predicted octanol–water partition coefficient (Wildman–Crippen LogP) is 2.50. The summed E-state index contributed by atoms with van der Waals surface area (Å²) in [7, 11) is 2.19. The van der Waals surface area contributed by atoms with E-state index in [-0.39, 0.29) is 0 Å². The lowest BCUT2D eigenvalue weighted by Crippen LogP contribution is -2.44. The molecule has 0 bridgehead atoms. The van der Waals surface area contributed by atoms with E-state index in [2.05, 4.69) is 58.2 Å². The molecular formula is C16H19N3. The van der Waals surface area contributed by atoms with Crippen molar-refractivity contribution < 1.29 is 0 Å². The third-order valence-electron chi connectivity index (χ3n) is 3.74. The SMILES string of the molecule is CN1CCN(c2ccccc2-c2ccncc2)CC1. The van der Waals surface area contributed by atoms with Crippen LogP contribution < -0.4 is 4.90 Å². The van der Waals surface area contributed by atoms with E-state index >= 15 is 0 Å². The number of anilines is 1. The zero-order valence-electron chi connectivity index (χ0n) is 11.3. The van der Waals surface area contributed by atoms with Crippen molar-refractivity contribution >= 4 is 5.69 Å². The molecule has 0 amide bonds. The maximum Gasteiger partial charge on any atom is 0.0446 e. The Morgan fingerprint density at radius 2 is 1.58 bits per heavy atom. The smallest absolute Gasteiger partial charge is 0.0446 e. The van der Waals surface area contributed by atoms with Crippen LogP contribution in [-0.2, 0) is 0 Å². The molecule has 0 saturated carbocycles. The van der Waals surface area contributed by atoms with Crippen LogP contribution in [0.5, 0.6) is 0 Å². The van der Waals surface area contributed by atoms with Gasteiger partial charge in [-0.3, -0.25) is 4.98 Å². The summed E-state index contributed by atoms with van der Waals surface area (Å²) in [5, 5.41) is 0. The minimum absolute atomic E-state index is 1.10. The summed E-state index contributed by atoms with van der Waals surface area (Å²) in [6.45, 7) is 4.45. The van der Waals surface area contributed by atoms with Crippen molar-refractivity contribution in [3.05, 3.63) is 48.8 Å². The predicted molar refractivity (Wildman–Crippen MR) is 79.4 cm³/mol. The van der Waals surface area contributed by atoms with Crippen LogP contribution in [0, 0.1) is 0 Å². The first-order valence-electron chi connectivity index (χ1n) is 6.77. The average molecular weight is 253 g/mol. The number of nitrogens with zero attached hydrogens (tertiary/aromatic N) is 3. The van der Waals surface area contributed by atoms with Gasteiger partial charge in [-0.15, -0.1) is 0 Å². The van der Waals surface area contributed by atoms with Gasteiger partial charge < -0.3 is 9.80 Å². The minimum Gasteiger partial charge on any atom is -0.368 e. The van der Waals surface area contributed by atoms with Gasteiger partial charge >= 0.3 is 0 Å². The van der Waals surface area contributed by atoms with Crippen LogP contribution in [0.25, 0.3) is 11.1 Å². The number of hydrogen-bond donors (Lipinski definition) is 0. The lowest BCUT2D eigenvalue weighted by atomic mass is 10.0. The lowest BCUT2D eigenvalue weighted by Gasteiger charge is -2.35. The Balaban J connectivity index is 1.94. The number of benzene rings is 1. The maximum absolute atomic E-state index is 4.10. The Bertz CT molecular complexity index is 531. The van der Waals surface area contributed by atoms with Gasteiger partial charge in [0.15, 0.2) is 0 Å². The third-order valence-corrected chi connectivity index (χ3v) is 3.74. The zero-order chi connectivity index (χ0) is 13.1. The van der Waals surface area contributed by atoms with Gasteiger partial charge in [0.2, 0.25) is 0 Å². The molecule has 3 nitrogen and oxygen atoms in total. The maximum atomic E-state index is 4.10. The normalized spacial score (nSPS) is 16.6. The van der Waals surface area contributed by atoms with Gasteiger partial charge in [0.1, 0.15) is 0 Å². The molecule has 98 valence electrons. The summed E-state index contributed by atoms with van der Waals surface area (Å²) < 4.78 is 0. The zero-order valence-corrected chi connectivity index (χ0v) is 11.3. The number of rotatable bonds is 2. The molecule has 19 heavy (non-hydrogen) atoms. The van der Waals surface area contributed by atoms with Crippen LogP contribution in [0.2, 0.25) is 0 Å². The van der Waals surface area contributed by atoms with Crippen LogP contribution in [-0.4, -0.2) is 43.1 Å². The van der Waals surface area contributed by atoms with Crippen LogP contribution >= 0.6 is 0 Å². The molecule has 1 aromatic carbocycles. The fourth-order valence-corrected chi connectivity index (χ4v) is 2.57. The highest BCUT2D eigenvalue weighted by Gasteiger charge is 2.17. The lowest BCUT2D eigenvalue weighted by molar-refractivity contribution is 0.313. The van der Waals surface area contributed by atoms with Crippen molar-refractivity contribution in [2.45, 2.75) is 0 Å². The molecule has 1 saturated heterocycles. The quantitative estimate of drug-likeness (QED) is 0.819. The molecule has 1 fully saturated rings. The monoisotopic (exact) mass is 253 g/mol. The molecule has 0 N–H and O–H groups in total. The molecule has 2 aromatic rings. The minimum atomic E-state index is 1.10. The van der Waals surface area contributed by atoms with E-state index in [1.165, 1.54) is 16.8 Å². The molecule has 0 radical (unpaired) electrons. The fraction of sp³-hybridized carbons (Fsp3) is 0.312. The van der Waals surface area contributed by atoms with E-state index in [4.69, 9.17) is 0 Å². The largest absolute Gasteiger partial charge is 0.368 e. The number of aromatic nitrogens is 1. The van der Waals surface area contributed by atoms with E-state index in [0.29, 0.717) is 0 Å². The highest BCUT2D eigenvalue weighted by Crippen LogP contribution is 2.30. The Morgan fingerprint density at radius 1 is 0.895 bits per heavy atom. The van der Waals surface area contributed by atoms with Gasteiger partial charge in [-0.05, 0) is 30.8 Å². The summed E-state index contributed by atoms with van der Waals surface area (Å²) in [4.78, 5) is 8.97. The van der Waals surface area contributed by atoms with Crippen molar-refractivity contribution in [3.8, 4) is 11.1 Å². The van der Waals surface area contributed by atoms with Gasteiger partial charge in [0.25, 0.3) is 0 Å². The van der Waals surface area contributed by atoms with Crippen LogP contribution in [0.3, 0.4) is 0 Å². The molecular weight excluding hydrogens is 234 g/mol. The van der Waals surface area contributed by atoms with Crippen molar-refractivity contribution in [1.82, 2.24) is 9.88 Å². The van der Waals surface area contributed by atoms with Crippen molar-refractivity contribution in [2.75, 3.05) is 38.1 Å². The second-order valence-corrected chi connectivity index (χ2v) is 5.04. The second kappa shape index (κ2) is 5.41. The van der Waals surface area contributed by atoms with Crippen LogP contribution in [0.15, 0.2) is 48.8 Å². The summed E-state index contributed by atoms with van der Waals surface area (Å²) in [5.74, 6) is 0. The van der Waals surface area contributed by atoms with Gasteiger partial charge in [-0.25, -0.2) is 0 Å². The van der Waals surface area contributed by atoms with Gasteiger partial charge in [0.05, 0.1) is 0 Å². The highest BCUT2D eigenvalue weighted by molar-refractivity contribution is 5.78. The van der Waals surface area contributed by atoms with E-state index in [0.717, 1.165) is 26.2 Å². The van der Waals surface area contributed by atoms with Gasteiger partial charge in [-0.2, -0.15) is 0 Å². The van der Waals surface area contributed by atoms with Crippen molar-refractivity contribution in [2.24, 2.45) is 0 Å². The molecule has 1 aliphatic heterocycles. The number of para-hydroxylation sites is 1. The van der Waals surface area contributed by atoms with E-state index < -0.39 is 0 Å². The van der Waals surface area contributed by atoms with Crippen LogP contribution in [0.4, 0.5) is 5.69 Å². The molecule has 1 aliphatic rings. The van der Waals surface area contributed by atoms with Crippen molar-refractivity contribution in [1.29, 1.82) is 0 Å². The molecule has 3 rings (SSSR count). The number of likely N-dealkylation sites (N-methyl/N-ethyl adjacent to an activating group) is 1. The highest BCUT2D eigenvalue weighted by atomic mass is 15.2.